The fraction of sp³-hybridized carbons (Fsp3) is 0.611. The maximum absolute atomic E-state index is 12.7. The Morgan fingerprint density at radius 2 is 1.95 bits per heavy atom. The summed E-state index contributed by atoms with van der Waals surface area (Å²) >= 11 is 0. The smallest absolute Gasteiger partial charge is 0.229 e. The van der Waals surface area contributed by atoms with E-state index < -0.39 is 0 Å². The zero-order chi connectivity index (χ0) is 14.7. The molecule has 3 heteroatoms. The Kier molecular flexibility index (Phi) is 4.59. The van der Waals surface area contributed by atoms with Crippen molar-refractivity contribution < 1.29 is 4.79 Å². The monoisotopic (exact) mass is 286 g/mol. The Hall–Kier alpha value is -1.35. The van der Waals surface area contributed by atoms with E-state index in [2.05, 4.69) is 35.8 Å². The first-order valence-corrected chi connectivity index (χ1v) is 8.34. The Morgan fingerprint density at radius 1 is 1.19 bits per heavy atom. The summed E-state index contributed by atoms with van der Waals surface area (Å²) in [5.41, 5.74) is 3.73. The molecule has 1 amide bonds. The molecule has 3 nitrogen and oxygen atoms in total. The highest BCUT2D eigenvalue weighted by atomic mass is 16.2. The van der Waals surface area contributed by atoms with Crippen LogP contribution in [0, 0.1) is 6.92 Å². The van der Waals surface area contributed by atoms with E-state index in [1.807, 2.05) is 0 Å². The first-order chi connectivity index (χ1) is 10.2. The van der Waals surface area contributed by atoms with Gasteiger partial charge in [0.15, 0.2) is 0 Å². The second-order valence-corrected chi connectivity index (χ2v) is 6.58. The number of rotatable bonds is 2. The molecule has 1 aromatic rings. The molecule has 114 valence electrons. The molecule has 2 aliphatic rings. The molecule has 21 heavy (non-hydrogen) atoms. The number of nitrogens with one attached hydrogen (secondary N) is 2. The third-order valence-corrected chi connectivity index (χ3v) is 4.86. The topological polar surface area (TPSA) is 41.1 Å². The number of carbonyl (C=O) groups excluding carboxylic acids is 1. The van der Waals surface area contributed by atoms with Crippen LogP contribution < -0.4 is 10.6 Å². The minimum absolute atomic E-state index is 0.0306. The molecule has 1 heterocycles. The van der Waals surface area contributed by atoms with Gasteiger partial charge in [0.05, 0.1) is 5.92 Å². The van der Waals surface area contributed by atoms with Crippen LogP contribution in [0.1, 0.15) is 61.1 Å². The highest BCUT2D eigenvalue weighted by Crippen LogP contribution is 2.26. The lowest BCUT2D eigenvalue weighted by Gasteiger charge is -2.28. The van der Waals surface area contributed by atoms with E-state index >= 15 is 0 Å². The van der Waals surface area contributed by atoms with Gasteiger partial charge in [0.1, 0.15) is 0 Å². The van der Waals surface area contributed by atoms with Crippen LogP contribution in [0.2, 0.25) is 0 Å². The lowest BCUT2D eigenvalue weighted by atomic mass is 9.88. The summed E-state index contributed by atoms with van der Waals surface area (Å²) in [6, 6.07) is 6.86. The normalized spacial score (nSPS) is 23.2. The van der Waals surface area contributed by atoms with Gasteiger partial charge in [-0.15, -0.1) is 0 Å². The quantitative estimate of drug-likeness (QED) is 0.821. The molecule has 1 atom stereocenters. The lowest BCUT2D eigenvalue weighted by Crippen LogP contribution is -2.43. The zero-order valence-electron chi connectivity index (χ0n) is 13.0. The van der Waals surface area contributed by atoms with Crippen molar-refractivity contribution in [3.05, 3.63) is 34.9 Å². The number of hydrogen-bond acceptors (Lipinski definition) is 2. The van der Waals surface area contributed by atoms with Gasteiger partial charge in [-0.05, 0) is 30.9 Å². The summed E-state index contributed by atoms with van der Waals surface area (Å²) in [6.07, 6.45) is 7.44. The molecule has 0 saturated heterocycles. The standard InChI is InChI=1S/C18H26N2O/c1-13-8-9-14-11-19-12-17(16(14)10-13)18(21)20-15-6-4-2-3-5-7-15/h8-10,15,17,19H,2-7,11-12H2,1H3,(H,20,21). The van der Waals surface area contributed by atoms with E-state index in [0.29, 0.717) is 6.04 Å². The highest BCUT2D eigenvalue weighted by molar-refractivity contribution is 5.85. The van der Waals surface area contributed by atoms with Crippen LogP contribution in [0.25, 0.3) is 0 Å². The van der Waals surface area contributed by atoms with Gasteiger partial charge in [0, 0.05) is 19.1 Å². The molecular formula is C18H26N2O. The molecule has 0 bridgehead atoms. The average molecular weight is 286 g/mol. The Bertz CT molecular complexity index is 504. The van der Waals surface area contributed by atoms with Crippen molar-refractivity contribution in [1.29, 1.82) is 0 Å². The molecule has 1 fully saturated rings. The first-order valence-electron chi connectivity index (χ1n) is 8.34. The molecule has 0 spiro atoms. The summed E-state index contributed by atoms with van der Waals surface area (Å²) in [4.78, 5) is 12.7. The summed E-state index contributed by atoms with van der Waals surface area (Å²) in [7, 11) is 0. The van der Waals surface area contributed by atoms with Crippen LogP contribution in [0.15, 0.2) is 18.2 Å². The minimum atomic E-state index is -0.0306. The third kappa shape index (κ3) is 3.46. The van der Waals surface area contributed by atoms with Gasteiger partial charge in [-0.25, -0.2) is 0 Å². The van der Waals surface area contributed by atoms with Crippen LogP contribution in [0.4, 0.5) is 0 Å². The van der Waals surface area contributed by atoms with Gasteiger partial charge in [0.25, 0.3) is 0 Å². The van der Waals surface area contributed by atoms with Gasteiger partial charge in [-0.2, -0.15) is 0 Å². The van der Waals surface area contributed by atoms with Crippen molar-refractivity contribution >= 4 is 5.91 Å². The molecule has 1 aromatic carbocycles. The van der Waals surface area contributed by atoms with Crippen LogP contribution in [-0.4, -0.2) is 18.5 Å². The van der Waals surface area contributed by atoms with Gasteiger partial charge in [-0.3, -0.25) is 4.79 Å². The molecule has 2 N–H and O–H groups in total. The predicted octanol–water partition coefficient (Wildman–Crippen LogP) is 3.02. The molecule has 0 aromatic heterocycles. The van der Waals surface area contributed by atoms with Crippen molar-refractivity contribution in [2.24, 2.45) is 0 Å². The molecule has 1 aliphatic carbocycles. The molecule has 1 unspecified atom stereocenters. The predicted molar refractivity (Wildman–Crippen MR) is 85.3 cm³/mol. The van der Waals surface area contributed by atoms with E-state index in [-0.39, 0.29) is 11.8 Å². The van der Waals surface area contributed by atoms with Gasteiger partial charge in [-0.1, -0.05) is 49.4 Å². The number of fused-ring (bicyclic) bond motifs is 1. The van der Waals surface area contributed by atoms with Crippen molar-refractivity contribution in [1.82, 2.24) is 10.6 Å². The Morgan fingerprint density at radius 3 is 2.71 bits per heavy atom. The van der Waals surface area contributed by atoms with Crippen molar-refractivity contribution in [2.45, 2.75) is 64.0 Å². The summed E-state index contributed by atoms with van der Waals surface area (Å²) < 4.78 is 0. The maximum Gasteiger partial charge on any atom is 0.229 e. The number of benzene rings is 1. The zero-order valence-corrected chi connectivity index (χ0v) is 13.0. The summed E-state index contributed by atoms with van der Waals surface area (Å²) in [6.45, 7) is 3.74. The van der Waals surface area contributed by atoms with E-state index in [9.17, 15) is 4.79 Å². The SMILES string of the molecule is Cc1ccc2c(c1)C(C(=O)NC1CCCCCC1)CNC2. The van der Waals surface area contributed by atoms with Crippen LogP contribution in [0.3, 0.4) is 0 Å². The average Bonchev–Trinajstić information content (AvgIpc) is 2.75. The maximum atomic E-state index is 12.7. The fourth-order valence-corrected chi connectivity index (χ4v) is 3.62. The second-order valence-electron chi connectivity index (χ2n) is 6.58. The number of amides is 1. The Labute approximate surface area is 127 Å². The van der Waals surface area contributed by atoms with Crippen molar-refractivity contribution in [3.8, 4) is 0 Å². The van der Waals surface area contributed by atoms with E-state index in [1.165, 1.54) is 42.4 Å². The third-order valence-electron chi connectivity index (χ3n) is 4.86. The number of aryl methyl sites for hydroxylation is 1. The second kappa shape index (κ2) is 6.61. The van der Waals surface area contributed by atoms with Crippen LogP contribution in [-0.2, 0) is 11.3 Å². The van der Waals surface area contributed by atoms with Gasteiger partial charge >= 0.3 is 0 Å². The van der Waals surface area contributed by atoms with Gasteiger partial charge in [0.2, 0.25) is 5.91 Å². The summed E-state index contributed by atoms with van der Waals surface area (Å²) in [5, 5.41) is 6.69. The first kappa shape index (κ1) is 14.6. The Balaban J connectivity index is 1.72. The summed E-state index contributed by atoms with van der Waals surface area (Å²) in [5.74, 6) is 0.179. The lowest BCUT2D eigenvalue weighted by molar-refractivity contribution is -0.123. The minimum Gasteiger partial charge on any atom is -0.353 e. The number of carbonyl (C=O) groups is 1. The molecule has 3 rings (SSSR count). The van der Waals surface area contributed by atoms with Crippen molar-refractivity contribution in [3.63, 3.8) is 0 Å². The number of hydrogen-bond donors (Lipinski definition) is 2. The van der Waals surface area contributed by atoms with Crippen LogP contribution >= 0.6 is 0 Å². The molecule has 1 aliphatic heterocycles. The van der Waals surface area contributed by atoms with Crippen LogP contribution in [0.5, 0.6) is 0 Å². The van der Waals surface area contributed by atoms with E-state index in [1.54, 1.807) is 0 Å². The van der Waals surface area contributed by atoms with E-state index in [4.69, 9.17) is 0 Å². The van der Waals surface area contributed by atoms with Crippen molar-refractivity contribution in [2.75, 3.05) is 6.54 Å². The largest absolute Gasteiger partial charge is 0.353 e. The molecule has 1 saturated carbocycles. The fourth-order valence-electron chi connectivity index (χ4n) is 3.62. The molecule has 0 radical (unpaired) electrons. The molecular weight excluding hydrogens is 260 g/mol. The van der Waals surface area contributed by atoms with Gasteiger partial charge < -0.3 is 10.6 Å². The highest BCUT2D eigenvalue weighted by Gasteiger charge is 2.28. The van der Waals surface area contributed by atoms with E-state index in [0.717, 1.165) is 25.9 Å².